The number of methoxy groups -OCH3 is 2. The van der Waals surface area contributed by atoms with Crippen molar-refractivity contribution in [2.75, 3.05) is 38.8 Å². The molecule has 6 nitrogen and oxygen atoms in total. The Labute approximate surface area is 146 Å². The molecule has 134 valence electrons. The van der Waals surface area contributed by atoms with Crippen molar-refractivity contribution in [1.82, 2.24) is 10.6 Å². The predicted octanol–water partition coefficient (Wildman–Crippen LogP) is 2.37. The number of hydrogen-bond donors (Lipinski definition) is 2. The number of carbonyl (C=O) groups excluding carboxylic acids is 1. The minimum Gasteiger partial charge on any atom is -0.369 e. The normalized spacial score (nSPS) is 15.6. The zero-order valence-electron chi connectivity index (χ0n) is 13.9. The first-order valence-corrected chi connectivity index (χ1v) is 8.21. The smallest absolute Gasteiger partial charge is 0.315 e. The third kappa shape index (κ3) is 5.22. The monoisotopic (exact) mass is 359 g/mol. The quantitative estimate of drug-likeness (QED) is 0.765. The van der Waals surface area contributed by atoms with Crippen LogP contribution in [-0.4, -0.2) is 52.2 Å². The van der Waals surface area contributed by atoms with E-state index in [0.29, 0.717) is 23.8 Å². The molecule has 2 N–H and O–H groups in total. The Bertz CT molecular complexity index is 549. The molecule has 0 aliphatic carbocycles. The number of ether oxygens (including phenoxy) is 2. The second-order valence-electron chi connectivity index (χ2n) is 5.61. The van der Waals surface area contributed by atoms with Gasteiger partial charge in [-0.3, -0.25) is 0 Å². The van der Waals surface area contributed by atoms with Crippen LogP contribution in [-0.2, 0) is 9.47 Å². The molecular weight excluding hydrogens is 337 g/mol. The fraction of sp³-hybridized carbons (Fsp3) is 0.562. The van der Waals surface area contributed by atoms with Gasteiger partial charge < -0.3 is 25.0 Å². The van der Waals surface area contributed by atoms with Crippen LogP contribution in [0.2, 0.25) is 5.02 Å². The second kappa shape index (κ2) is 9.05. The number of nitrogens with zero attached hydrogens (tertiary/aromatic N) is 1. The number of amides is 2. The summed E-state index contributed by atoms with van der Waals surface area (Å²) in [6.07, 6.45) is 1.02. The molecular formula is C16H23ClFN3O3. The van der Waals surface area contributed by atoms with Gasteiger partial charge >= 0.3 is 6.03 Å². The maximum absolute atomic E-state index is 14.0. The lowest BCUT2D eigenvalue weighted by molar-refractivity contribution is -0.0972. The average molecular weight is 360 g/mol. The highest BCUT2D eigenvalue weighted by molar-refractivity contribution is 6.30. The molecule has 1 fully saturated rings. The Morgan fingerprint density at radius 1 is 1.38 bits per heavy atom. The Balaban J connectivity index is 1.77. The van der Waals surface area contributed by atoms with E-state index in [1.54, 1.807) is 12.1 Å². The second-order valence-corrected chi connectivity index (χ2v) is 6.05. The van der Waals surface area contributed by atoms with Crippen molar-refractivity contribution in [3.8, 4) is 0 Å². The summed E-state index contributed by atoms with van der Waals surface area (Å²) in [4.78, 5) is 13.8. The molecule has 24 heavy (non-hydrogen) atoms. The highest BCUT2D eigenvalue weighted by Crippen LogP contribution is 2.25. The standard InChI is InChI=1S/C16H23ClFN3O3/c1-23-15(24-2)10-19-16(22)20-12-5-7-21(8-6-12)14-4-3-11(17)9-13(14)18/h3-4,9,12,15H,5-8,10H2,1-2H3,(H2,19,20,22). The molecule has 2 amide bonds. The summed E-state index contributed by atoms with van der Waals surface area (Å²) in [7, 11) is 3.03. The van der Waals surface area contributed by atoms with Gasteiger partial charge in [-0.2, -0.15) is 0 Å². The van der Waals surface area contributed by atoms with Crippen LogP contribution in [0.3, 0.4) is 0 Å². The molecule has 2 rings (SSSR count). The van der Waals surface area contributed by atoms with E-state index in [0.717, 1.165) is 12.8 Å². The summed E-state index contributed by atoms with van der Waals surface area (Å²) in [5, 5.41) is 6.00. The van der Waals surface area contributed by atoms with Crippen LogP contribution in [0.1, 0.15) is 12.8 Å². The van der Waals surface area contributed by atoms with Crippen molar-refractivity contribution >= 4 is 23.3 Å². The van der Waals surface area contributed by atoms with Crippen molar-refractivity contribution in [2.24, 2.45) is 0 Å². The van der Waals surface area contributed by atoms with Gasteiger partial charge in [-0.25, -0.2) is 9.18 Å². The molecule has 0 atom stereocenters. The number of benzene rings is 1. The summed E-state index contributed by atoms with van der Waals surface area (Å²) in [5.74, 6) is -0.322. The molecule has 8 heteroatoms. The van der Waals surface area contributed by atoms with E-state index in [-0.39, 0.29) is 24.4 Å². The molecule has 0 spiro atoms. The Morgan fingerprint density at radius 2 is 2.04 bits per heavy atom. The number of carbonyl (C=O) groups is 1. The molecule has 0 saturated carbocycles. The SMILES string of the molecule is COC(CNC(=O)NC1CCN(c2ccc(Cl)cc2F)CC1)OC. The van der Waals surface area contributed by atoms with Crippen LogP contribution in [0.25, 0.3) is 0 Å². The molecule has 1 aromatic rings. The Kier molecular flexibility index (Phi) is 7.08. The van der Waals surface area contributed by atoms with Crippen LogP contribution in [0.15, 0.2) is 18.2 Å². The van der Waals surface area contributed by atoms with Gasteiger partial charge in [0.05, 0.1) is 12.2 Å². The number of rotatable bonds is 6. The number of piperidine rings is 1. The molecule has 1 aliphatic rings. The lowest BCUT2D eigenvalue weighted by Gasteiger charge is -2.34. The van der Waals surface area contributed by atoms with Gasteiger partial charge in [-0.1, -0.05) is 11.6 Å². The van der Waals surface area contributed by atoms with Crippen molar-refractivity contribution in [3.05, 3.63) is 29.0 Å². The van der Waals surface area contributed by atoms with Crippen LogP contribution in [0, 0.1) is 5.82 Å². The lowest BCUT2D eigenvalue weighted by atomic mass is 10.0. The first-order valence-electron chi connectivity index (χ1n) is 7.83. The zero-order valence-corrected chi connectivity index (χ0v) is 14.6. The minimum atomic E-state index is -0.467. The topological polar surface area (TPSA) is 62.8 Å². The van der Waals surface area contributed by atoms with E-state index in [2.05, 4.69) is 10.6 Å². The molecule has 1 aromatic carbocycles. The summed E-state index contributed by atoms with van der Waals surface area (Å²) in [5.41, 5.74) is 0.547. The fourth-order valence-corrected chi connectivity index (χ4v) is 2.84. The van der Waals surface area contributed by atoms with E-state index in [1.165, 1.54) is 20.3 Å². The van der Waals surface area contributed by atoms with Gasteiger partial charge in [-0.15, -0.1) is 0 Å². The largest absolute Gasteiger partial charge is 0.369 e. The first kappa shape index (κ1) is 18.8. The molecule has 0 aromatic heterocycles. The van der Waals surface area contributed by atoms with Crippen molar-refractivity contribution in [3.63, 3.8) is 0 Å². The van der Waals surface area contributed by atoms with Crippen molar-refractivity contribution < 1.29 is 18.7 Å². The van der Waals surface area contributed by atoms with Crippen LogP contribution >= 0.6 is 11.6 Å². The van der Waals surface area contributed by atoms with Crippen molar-refractivity contribution in [2.45, 2.75) is 25.2 Å². The maximum Gasteiger partial charge on any atom is 0.315 e. The van der Waals surface area contributed by atoms with Gasteiger partial charge in [-0.05, 0) is 31.0 Å². The fourth-order valence-electron chi connectivity index (χ4n) is 2.68. The number of halogens is 2. The number of anilines is 1. The highest BCUT2D eigenvalue weighted by Gasteiger charge is 2.22. The van der Waals surface area contributed by atoms with E-state index < -0.39 is 6.29 Å². The minimum absolute atomic E-state index is 0.0557. The van der Waals surface area contributed by atoms with E-state index in [1.807, 2.05) is 4.90 Å². The maximum atomic E-state index is 14.0. The zero-order chi connectivity index (χ0) is 17.5. The van der Waals surface area contributed by atoms with Gasteiger partial charge in [0.1, 0.15) is 5.82 Å². The number of hydrogen-bond acceptors (Lipinski definition) is 4. The summed E-state index contributed by atoms with van der Waals surface area (Å²) < 4.78 is 24.0. The number of nitrogens with one attached hydrogen (secondary N) is 2. The predicted molar refractivity (Wildman–Crippen MR) is 91.0 cm³/mol. The summed E-state index contributed by atoms with van der Waals surface area (Å²) in [6, 6.07) is 4.48. The highest BCUT2D eigenvalue weighted by atomic mass is 35.5. The Morgan fingerprint density at radius 3 is 2.62 bits per heavy atom. The van der Waals surface area contributed by atoms with Crippen molar-refractivity contribution in [1.29, 1.82) is 0 Å². The van der Waals surface area contributed by atoms with Gasteiger partial charge in [0.2, 0.25) is 0 Å². The summed E-state index contributed by atoms with van der Waals surface area (Å²) >= 11 is 5.78. The van der Waals surface area contributed by atoms with E-state index in [9.17, 15) is 9.18 Å². The van der Waals surface area contributed by atoms with E-state index >= 15 is 0 Å². The third-order valence-electron chi connectivity index (χ3n) is 4.04. The average Bonchev–Trinajstić information content (AvgIpc) is 2.57. The Hall–Kier alpha value is -1.57. The molecule has 0 bridgehead atoms. The molecule has 0 radical (unpaired) electrons. The van der Waals surface area contributed by atoms with Crippen LogP contribution < -0.4 is 15.5 Å². The van der Waals surface area contributed by atoms with Crippen LogP contribution in [0.4, 0.5) is 14.9 Å². The number of urea groups is 1. The summed E-state index contributed by atoms with van der Waals surface area (Å²) in [6.45, 7) is 1.61. The van der Waals surface area contributed by atoms with E-state index in [4.69, 9.17) is 21.1 Å². The van der Waals surface area contributed by atoms with Gasteiger partial charge in [0.25, 0.3) is 0 Å². The molecule has 0 unspecified atom stereocenters. The third-order valence-corrected chi connectivity index (χ3v) is 4.27. The first-order chi connectivity index (χ1) is 11.5. The van der Waals surface area contributed by atoms with Gasteiger partial charge in [0.15, 0.2) is 6.29 Å². The molecule has 1 saturated heterocycles. The lowest BCUT2D eigenvalue weighted by Crippen LogP contribution is -2.49. The molecule has 1 heterocycles. The van der Waals surface area contributed by atoms with Gasteiger partial charge in [0, 0.05) is 38.4 Å². The van der Waals surface area contributed by atoms with Crippen LogP contribution in [0.5, 0.6) is 0 Å². The molecule has 1 aliphatic heterocycles.